The molecule has 3 heterocycles. The molecule has 0 unspecified atom stereocenters. The second-order valence-electron chi connectivity index (χ2n) is 9.02. The van der Waals surface area contributed by atoms with Gasteiger partial charge < -0.3 is 4.79 Å². The summed E-state index contributed by atoms with van der Waals surface area (Å²) in [5, 5.41) is 5.89. The van der Waals surface area contributed by atoms with Gasteiger partial charge in [0.25, 0.3) is 0 Å². The molecule has 162 valence electrons. The van der Waals surface area contributed by atoms with Gasteiger partial charge in [0.05, 0.1) is 28.2 Å². The van der Waals surface area contributed by atoms with E-state index in [9.17, 15) is 4.79 Å². The number of allylic oxidation sites excluding steroid dienone is 2. The zero-order valence-corrected chi connectivity index (χ0v) is 19.1. The molecule has 4 aromatic rings. The third kappa shape index (κ3) is 2.84. The van der Waals surface area contributed by atoms with Crippen molar-refractivity contribution >= 4 is 27.3 Å². The number of benzene rings is 1. The fourth-order valence-corrected chi connectivity index (χ4v) is 6.57. The normalized spacial score (nSPS) is 24.2. The molecule has 0 amide bonds. The first kappa shape index (κ1) is 20.0. The minimum absolute atomic E-state index is 0.0468. The van der Waals surface area contributed by atoms with Crippen LogP contribution in [0.1, 0.15) is 31.5 Å². The predicted molar refractivity (Wildman–Crippen MR) is 128 cm³/mol. The first-order chi connectivity index (χ1) is 16.0. The van der Waals surface area contributed by atoms with E-state index in [2.05, 4.69) is 22.8 Å². The Labute approximate surface area is 195 Å². The van der Waals surface area contributed by atoms with Gasteiger partial charge in [0.2, 0.25) is 10.8 Å². The quantitative estimate of drug-likeness (QED) is 0.384. The first-order valence-electron chi connectivity index (χ1n) is 11.0. The molecule has 0 aliphatic heterocycles. The average molecular weight is 452 g/mol. The summed E-state index contributed by atoms with van der Waals surface area (Å²) < 4.78 is 3.07. The Hall–Kier alpha value is -3.63. The van der Waals surface area contributed by atoms with E-state index in [0.29, 0.717) is 0 Å². The lowest BCUT2D eigenvalue weighted by atomic mass is 9.58. The monoisotopic (exact) mass is 451 g/mol. The molecule has 33 heavy (non-hydrogen) atoms. The summed E-state index contributed by atoms with van der Waals surface area (Å²) in [6, 6.07) is 12.0. The lowest BCUT2D eigenvalue weighted by Gasteiger charge is -2.45. The highest BCUT2D eigenvalue weighted by Crippen LogP contribution is 2.52. The Morgan fingerprint density at radius 3 is 2.85 bits per heavy atom. The van der Waals surface area contributed by atoms with Gasteiger partial charge in [-0.25, -0.2) is 14.5 Å². The fourth-order valence-electron chi connectivity index (χ4n) is 5.64. The van der Waals surface area contributed by atoms with Crippen molar-refractivity contribution in [3.05, 3.63) is 83.2 Å². The summed E-state index contributed by atoms with van der Waals surface area (Å²) >= 11 is 1.60. The van der Waals surface area contributed by atoms with Crippen LogP contribution >= 0.6 is 11.3 Å². The maximum absolute atomic E-state index is 12.8. The van der Waals surface area contributed by atoms with E-state index in [0.717, 1.165) is 50.7 Å². The number of hydrogen-bond acceptors (Lipinski definition) is 5. The summed E-state index contributed by atoms with van der Waals surface area (Å²) in [7, 11) is 0. The van der Waals surface area contributed by atoms with Crippen molar-refractivity contribution in [2.24, 2.45) is 11.8 Å². The predicted octanol–water partition coefficient (Wildman–Crippen LogP) is 5.39. The largest absolute Gasteiger partial charge is 0.308 e. The molecule has 0 saturated heterocycles. The maximum Gasteiger partial charge on any atom is 0.226 e. The van der Waals surface area contributed by atoms with E-state index in [1.54, 1.807) is 17.5 Å². The molecule has 0 spiro atoms. The highest BCUT2D eigenvalue weighted by atomic mass is 32.1. The molecule has 0 fully saturated rings. The average Bonchev–Trinajstić information content (AvgIpc) is 3.44. The number of thiazole rings is 1. The Kier molecular flexibility index (Phi) is 4.36. The number of pyridine rings is 1. The molecule has 2 aliphatic carbocycles. The number of rotatable bonds is 2. The molecular formula is C26H21N5OS. The van der Waals surface area contributed by atoms with Crippen molar-refractivity contribution in [3.8, 4) is 16.4 Å². The SMILES string of the molecule is [C-]#[N+]C1=C[C@@]2(C)c3c(c(-c4cccnc4)nn3-c3nc4ccccc4s3)CC[C@@H]2[C@@H](C)C1=O. The van der Waals surface area contributed by atoms with Crippen molar-refractivity contribution in [2.45, 2.75) is 32.1 Å². The minimum Gasteiger partial charge on any atom is -0.308 e. The smallest absolute Gasteiger partial charge is 0.226 e. The number of carbonyl (C=O) groups is 1. The van der Waals surface area contributed by atoms with Gasteiger partial charge in [-0.05, 0) is 43.0 Å². The lowest BCUT2D eigenvalue weighted by Crippen LogP contribution is -2.46. The van der Waals surface area contributed by atoms with Crippen LogP contribution in [0.2, 0.25) is 0 Å². The molecule has 2 aliphatic rings. The molecular weight excluding hydrogens is 430 g/mol. The number of aromatic nitrogens is 4. The van der Waals surface area contributed by atoms with Gasteiger partial charge in [0.15, 0.2) is 5.78 Å². The van der Waals surface area contributed by atoms with E-state index >= 15 is 0 Å². The maximum atomic E-state index is 12.8. The standard InChI is InChI=1S/C26H21N5OS/c1-15-18-11-10-17-22(16-7-6-12-28-14-16)30-31(25-29-19-8-4-5-9-21(19)33-25)24(17)26(18,2)13-20(27-3)23(15)32/h4-9,12-15,18H,10-11H2,1-2H3/t15-,18-,26-/m1/s1. The van der Waals surface area contributed by atoms with E-state index < -0.39 is 5.41 Å². The van der Waals surface area contributed by atoms with E-state index in [1.807, 2.05) is 54.2 Å². The van der Waals surface area contributed by atoms with Gasteiger partial charge in [-0.3, -0.25) is 4.98 Å². The third-order valence-electron chi connectivity index (χ3n) is 7.19. The summed E-state index contributed by atoms with van der Waals surface area (Å²) in [6.45, 7) is 11.7. The van der Waals surface area contributed by atoms with E-state index in [1.165, 1.54) is 0 Å². The van der Waals surface area contributed by atoms with Gasteiger partial charge in [0, 0.05) is 34.9 Å². The molecule has 1 aromatic carbocycles. The highest BCUT2D eigenvalue weighted by Gasteiger charge is 2.50. The Morgan fingerprint density at radius 1 is 1.24 bits per heavy atom. The number of Topliss-reactive ketones (excluding diaryl/α,β-unsaturated/α-hetero) is 1. The van der Waals surface area contributed by atoms with Gasteiger partial charge in [-0.15, -0.1) is 0 Å². The number of fused-ring (bicyclic) bond motifs is 4. The number of ketones is 1. The zero-order valence-electron chi connectivity index (χ0n) is 18.3. The minimum atomic E-state index is -0.494. The molecule has 7 heteroatoms. The topological polar surface area (TPSA) is 65.0 Å². The van der Waals surface area contributed by atoms with Crippen LogP contribution in [0, 0.1) is 18.4 Å². The molecule has 0 radical (unpaired) electrons. The summed E-state index contributed by atoms with van der Waals surface area (Å²) in [6.07, 6.45) is 7.19. The van der Waals surface area contributed by atoms with Gasteiger partial charge in [0.1, 0.15) is 0 Å². The van der Waals surface area contributed by atoms with Crippen molar-refractivity contribution in [2.75, 3.05) is 0 Å². The Balaban J connectivity index is 1.67. The lowest BCUT2D eigenvalue weighted by molar-refractivity contribution is -0.121. The molecule has 0 N–H and O–H groups in total. The summed E-state index contributed by atoms with van der Waals surface area (Å²) in [4.78, 5) is 25.7. The zero-order chi connectivity index (χ0) is 22.7. The summed E-state index contributed by atoms with van der Waals surface area (Å²) in [5.41, 5.74) is 4.73. The number of hydrogen-bond donors (Lipinski definition) is 0. The van der Waals surface area contributed by atoms with Crippen molar-refractivity contribution < 1.29 is 4.79 Å². The van der Waals surface area contributed by atoms with Crippen LogP contribution in [0.5, 0.6) is 0 Å². The molecule has 0 bridgehead atoms. The van der Waals surface area contributed by atoms with Crippen molar-refractivity contribution in [1.82, 2.24) is 19.7 Å². The van der Waals surface area contributed by atoms with Crippen LogP contribution in [0.3, 0.4) is 0 Å². The van der Waals surface area contributed by atoms with Crippen LogP contribution in [-0.4, -0.2) is 25.5 Å². The Morgan fingerprint density at radius 2 is 2.09 bits per heavy atom. The van der Waals surface area contributed by atoms with Gasteiger partial charge in [-0.1, -0.05) is 43.4 Å². The van der Waals surface area contributed by atoms with Crippen molar-refractivity contribution in [1.29, 1.82) is 0 Å². The molecule has 6 rings (SSSR count). The molecule has 3 aromatic heterocycles. The van der Waals surface area contributed by atoms with Crippen LogP contribution in [0.15, 0.2) is 60.6 Å². The fraction of sp³-hybridized carbons (Fsp3) is 0.269. The molecule has 0 saturated carbocycles. The summed E-state index contributed by atoms with van der Waals surface area (Å²) in [5.74, 6) is -0.151. The van der Waals surface area contributed by atoms with E-state index in [4.69, 9.17) is 16.7 Å². The van der Waals surface area contributed by atoms with Crippen LogP contribution < -0.4 is 0 Å². The van der Waals surface area contributed by atoms with Crippen LogP contribution in [0.4, 0.5) is 0 Å². The first-order valence-corrected chi connectivity index (χ1v) is 11.9. The van der Waals surface area contributed by atoms with Gasteiger partial charge in [-0.2, -0.15) is 5.10 Å². The number of nitrogens with zero attached hydrogens (tertiary/aromatic N) is 5. The second kappa shape index (κ2) is 7.19. The van der Waals surface area contributed by atoms with Gasteiger partial charge >= 0.3 is 0 Å². The molecule has 3 atom stereocenters. The van der Waals surface area contributed by atoms with Crippen LogP contribution in [-0.2, 0) is 16.6 Å². The second-order valence-corrected chi connectivity index (χ2v) is 10.0. The number of para-hydroxylation sites is 1. The van der Waals surface area contributed by atoms with Crippen LogP contribution in [0.25, 0.3) is 31.5 Å². The highest BCUT2D eigenvalue weighted by molar-refractivity contribution is 7.20. The van der Waals surface area contributed by atoms with E-state index in [-0.39, 0.29) is 23.3 Å². The Bertz CT molecular complexity index is 1460. The van der Waals surface area contributed by atoms with Crippen molar-refractivity contribution in [3.63, 3.8) is 0 Å². The number of carbonyl (C=O) groups excluding carboxylic acids is 1. The third-order valence-corrected chi connectivity index (χ3v) is 8.21. The molecule has 6 nitrogen and oxygen atoms in total.